The van der Waals surface area contributed by atoms with E-state index in [1.807, 2.05) is 48.7 Å². The van der Waals surface area contributed by atoms with Crippen molar-refractivity contribution >= 4 is 11.7 Å². The second-order valence-electron chi connectivity index (χ2n) is 6.94. The number of anilines is 1. The van der Waals surface area contributed by atoms with Crippen LogP contribution in [-0.2, 0) is 24.2 Å². The van der Waals surface area contributed by atoms with Crippen molar-refractivity contribution in [2.75, 3.05) is 19.4 Å². The number of carbonyl (C=O) groups is 1. The highest BCUT2D eigenvalue weighted by atomic mass is 16.5. The maximum atomic E-state index is 11.8. The fraction of sp³-hybridized carbons (Fsp3) is 0.227. The summed E-state index contributed by atoms with van der Waals surface area (Å²) in [5.74, 6) is 0.403. The Labute approximate surface area is 164 Å². The van der Waals surface area contributed by atoms with E-state index in [1.54, 1.807) is 6.07 Å². The molecule has 0 fully saturated rings. The molecule has 6 nitrogen and oxygen atoms in total. The van der Waals surface area contributed by atoms with E-state index < -0.39 is 0 Å². The summed E-state index contributed by atoms with van der Waals surface area (Å²) in [6, 6.07) is 15.2. The number of esters is 1. The van der Waals surface area contributed by atoms with E-state index in [0.29, 0.717) is 11.4 Å². The molecule has 1 aliphatic rings. The molecule has 6 heteroatoms. The van der Waals surface area contributed by atoms with Gasteiger partial charge in [0.2, 0.25) is 0 Å². The lowest BCUT2D eigenvalue weighted by Gasteiger charge is -2.28. The first kappa shape index (κ1) is 18.1. The Morgan fingerprint density at radius 1 is 1.21 bits per heavy atom. The molecule has 0 bridgehead atoms. The van der Waals surface area contributed by atoms with E-state index in [4.69, 9.17) is 15.5 Å². The number of rotatable bonds is 4. The first-order valence-electron chi connectivity index (χ1n) is 9.22. The van der Waals surface area contributed by atoms with Gasteiger partial charge in [0.05, 0.1) is 18.4 Å². The number of carbonyl (C=O) groups excluding carboxylic acids is 1. The Balaban J connectivity index is 1.52. The van der Waals surface area contributed by atoms with Crippen molar-refractivity contribution in [2.24, 2.45) is 0 Å². The topological polar surface area (TPSA) is 81.3 Å². The van der Waals surface area contributed by atoms with Crippen LogP contribution in [0.15, 0.2) is 54.7 Å². The zero-order chi connectivity index (χ0) is 19.5. The lowest BCUT2D eigenvalue weighted by molar-refractivity contribution is 0.0600. The Kier molecular flexibility index (Phi) is 5.04. The van der Waals surface area contributed by atoms with Gasteiger partial charge in [-0.25, -0.2) is 14.8 Å². The molecule has 0 saturated heterocycles. The Bertz CT molecular complexity index is 1000. The van der Waals surface area contributed by atoms with E-state index in [-0.39, 0.29) is 5.97 Å². The van der Waals surface area contributed by atoms with Gasteiger partial charge in [-0.05, 0) is 53.9 Å². The summed E-state index contributed by atoms with van der Waals surface area (Å²) in [5.41, 5.74) is 11.4. The predicted molar refractivity (Wildman–Crippen MR) is 107 cm³/mol. The molecule has 0 aliphatic carbocycles. The molecular formula is C22H22N4O2. The van der Waals surface area contributed by atoms with Gasteiger partial charge in [-0.2, -0.15) is 0 Å². The molecule has 0 saturated carbocycles. The molecule has 2 aromatic carbocycles. The predicted octanol–water partition coefficient (Wildman–Crippen LogP) is 3.07. The molecule has 0 unspecified atom stereocenters. The van der Waals surface area contributed by atoms with Crippen LogP contribution in [0.1, 0.15) is 27.2 Å². The van der Waals surface area contributed by atoms with Crippen LogP contribution in [-0.4, -0.2) is 34.5 Å². The summed E-state index contributed by atoms with van der Waals surface area (Å²) in [5, 5.41) is 0. The molecule has 28 heavy (non-hydrogen) atoms. The SMILES string of the molecule is COC(=O)c1cccc(CN2CCc3cnc(-c4ccc(N)cc4)nc3C2)c1. The van der Waals surface area contributed by atoms with Gasteiger partial charge in [-0.3, -0.25) is 4.90 Å². The fourth-order valence-electron chi connectivity index (χ4n) is 3.44. The molecule has 0 radical (unpaired) electrons. The number of hydrogen-bond donors (Lipinski definition) is 1. The lowest BCUT2D eigenvalue weighted by Crippen LogP contribution is -2.31. The monoisotopic (exact) mass is 374 g/mol. The number of nitrogens with two attached hydrogens (primary N) is 1. The van der Waals surface area contributed by atoms with Crippen LogP contribution in [0.4, 0.5) is 5.69 Å². The van der Waals surface area contributed by atoms with Crippen molar-refractivity contribution in [3.63, 3.8) is 0 Å². The van der Waals surface area contributed by atoms with Gasteiger partial charge < -0.3 is 10.5 Å². The molecular weight excluding hydrogens is 352 g/mol. The highest BCUT2D eigenvalue weighted by molar-refractivity contribution is 5.89. The Morgan fingerprint density at radius 2 is 2.04 bits per heavy atom. The molecule has 1 aliphatic heterocycles. The highest BCUT2D eigenvalue weighted by Gasteiger charge is 2.19. The number of nitrogens with zero attached hydrogens (tertiary/aromatic N) is 3. The number of aromatic nitrogens is 2. The summed E-state index contributed by atoms with van der Waals surface area (Å²) in [4.78, 5) is 23.4. The first-order chi connectivity index (χ1) is 13.6. The Hall–Kier alpha value is -3.25. The van der Waals surface area contributed by atoms with Crippen LogP contribution in [0.25, 0.3) is 11.4 Å². The number of nitrogen functional groups attached to an aromatic ring is 1. The van der Waals surface area contributed by atoms with Gasteiger partial charge in [0.1, 0.15) is 0 Å². The average molecular weight is 374 g/mol. The second-order valence-corrected chi connectivity index (χ2v) is 6.94. The summed E-state index contributed by atoms with van der Waals surface area (Å²) in [6.07, 6.45) is 2.84. The smallest absolute Gasteiger partial charge is 0.337 e. The van der Waals surface area contributed by atoms with E-state index in [1.165, 1.54) is 12.7 Å². The van der Waals surface area contributed by atoms with Crippen LogP contribution >= 0.6 is 0 Å². The number of fused-ring (bicyclic) bond motifs is 1. The molecule has 4 rings (SSSR count). The van der Waals surface area contributed by atoms with Crippen LogP contribution in [0.3, 0.4) is 0 Å². The van der Waals surface area contributed by atoms with Gasteiger partial charge in [0, 0.05) is 37.1 Å². The minimum Gasteiger partial charge on any atom is -0.465 e. The van der Waals surface area contributed by atoms with Gasteiger partial charge >= 0.3 is 5.97 Å². The summed E-state index contributed by atoms with van der Waals surface area (Å²) >= 11 is 0. The molecule has 2 N–H and O–H groups in total. The van der Waals surface area contributed by atoms with Crippen molar-refractivity contribution in [1.29, 1.82) is 0 Å². The molecule has 142 valence electrons. The molecule has 2 heterocycles. The number of methoxy groups -OCH3 is 1. The van der Waals surface area contributed by atoms with Crippen molar-refractivity contribution in [3.8, 4) is 11.4 Å². The van der Waals surface area contributed by atoms with E-state index in [2.05, 4.69) is 9.88 Å². The zero-order valence-electron chi connectivity index (χ0n) is 15.8. The molecule has 0 atom stereocenters. The molecule has 3 aromatic rings. The van der Waals surface area contributed by atoms with E-state index >= 15 is 0 Å². The zero-order valence-corrected chi connectivity index (χ0v) is 15.8. The maximum Gasteiger partial charge on any atom is 0.337 e. The quantitative estimate of drug-likeness (QED) is 0.558. The average Bonchev–Trinajstić information content (AvgIpc) is 2.73. The summed E-state index contributed by atoms with van der Waals surface area (Å²) in [6.45, 7) is 2.44. The van der Waals surface area contributed by atoms with Gasteiger partial charge in [-0.15, -0.1) is 0 Å². The first-order valence-corrected chi connectivity index (χ1v) is 9.22. The van der Waals surface area contributed by atoms with E-state index in [9.17, 15) is 4.79 Å². The third-order valence-electron chi connectivity index (χ3n) is 4.95. The highest BCUT2D eigenvalue weighted by Crippen LogP contribution is 2.23. The minimum absolute atomic E-state index is 0.313. The van der Waals surface area contributed by atoms with Crippen LogP contribution in [0, 0.1) is 0 Å². The number of hydrogen-bond acceptors (Lipinski definition) is 6. The normalized spacial score (nSPS) is 13.8. The van der Waals surface area contributed by atoms with Crippen molar-refractivity contribution < 1.29 is 9.53 Å². The van der Waals surface area contributed by atoms with Gasteiger partial charge in [0.15, 0.2) is 5.82 Å². The fourth-order valence-corrected chi connectivity index (χ4v) is 3.44. The standard InChI is InChI=1S/C22H22N4O2/c1-28-22(27)17-4-2-3-15(11-17)13-26-10-9-18-12-24-21(25-20(18)14-26)16-5-7-19(23)8-6-16/h2-8,11-12H,9-10,13-14,23H2,1H3. The molecule has 1 aromatic heterocycles. The summed E-state index contributed by atoms with van der Waals surface area (Å²) in [7, 11) is 1.40. The number of benzene rings is 2. The van der Waals surface area contributed by atoms with Crippen molar-refractivity contribution in [2.45, 2.75) is 19.5 Å². The summed E-state index contributed by atoms with van der Waals surface area (Å²) < 4.78 is 4.81. The maximum absolute atomic E-state index is 11.8. The van der Waals surface area contributed by atoms with Crippen molar-refractivity contribution in [1.82, 2.24) is 14.9 Å². The van der Waals surface area contributed by atoms with Gasteiger partial charge in [-0.1, -0.05) is 12.1 Å². The van der Waals surface area contributed by atoms with Crippen LogP contribution in [0.2, 0.25) is 0 Å². The van der Waals surface area contributed by atoms with Gasteiger partial charge in [0.25, 0.3) is 0 Å². The van der Waals surface area contributed by atoms with Crippen LogP contribution in [0.5, 0.6) is 0 Å². The largest absolute Gasteiger partial charge is 0.465 e. The number of ether oxygens (including phenoxy) is 1. The molecule has 0 spiro atoms. The van der Waals surface area contributed by atoms with Crippen LogP contribution < -0.4 is 5.73 Å². The van der Waals surface area contributed by atoms with Crippen molar-refractivity contribution in [3.05, 3.63) is 77.1 Å². The van der Waals surface area contributed by atoms with E-state index in [0.717, 1.165) is 48.6 Å². The second kappa shape index (κ2) is 7.78. The minimum atomic E-state index is -0.313. The Morgan fingerprint density at radius 3 is 2.82 bits per heavy atom. The molecule has 0 amide bonds. The third-order valence-corrected chi connectivity index (χ3v) is 4.95. The third kappa shape index (κ3) is 3.87. The lowest BCUT2D eigenvalue weighted by atomic mass is 10.0.